The van der Waals surface area contributed by atoms with E-state index in [1.54, 1.807) is 18.2 Å². The zero-order valence-electron chi connectivity index (χ0n) is 23.7. The molecule has 5 rings (SSSR count). The van der Waals surface area contributed by atoms with Crippen LogP contribution in [-0.2, 0) is 4.79 Å². The molecule has 0 aromatic heterocycles. The van der Waals surface area contributed by atoms with Crippen molar-refractivity contribution in [1.82, 2.24) is 5.32 Å². The third-order valence-electron chi connectivity index (χ3n) is 7.21. The number of carbonyl (C=O) groups excluding carboxylic acids is 1. The first-order valence-corrected chi connectivity index (χ1v) is 14.1. The molecule has 1 atom stereocenters. The van der Waals surface area contributed by atoms with Crippen LogP contribution < -0.4 is 16.4 Å². The maximum Gasteiger partial charge on any atom is 0.430 e. The summed E-state index contributed by atoms with van der Waals surface area (Å²) in [5.41, 5.74) is 8.10. The van der Waals surface area contributed by atoms with Crippen LogP contribution in [0.3, 0.4) is 0 Å². The smallest absolute Gasteiger partial charge is 0.395 e. The van der Waals surface area contributed by atoms with Gasteiger partial charge in [0, 0.05) is 5.69 Å². The number of benzene rings is 4. The van der Waals surface area contributed by atoms with Gasteiger partial charge in [-0.25, -0.2) is 4.99 Å². The quantitative estimate of drug-likeness (QED) is 0.166. The molecular formula is C35H30F3N5O. The number of rotatable bonds is 10. The molecule has 44 heavy (non-hydrogen) atoms. The maximum absolute atomic E-state index is 13.3. The number of alkyl halides is 3. The van der Waals surface area contributed by atoms with E-state index < -0.39 is 23.5 Å². The average Bonchev–Trinajstić information content (AvgIpc) is 3.86. The molecule has 1 amide bonds. The second-order valence-corrected chi connectivity index (χ2v) is 10.6. The number of hydrogen-bond acceptors (Lipinski definition) is 5. The molecule has 0 aliphatic heterocycles. The van der Waals surface area contributed by atoms with Gasteiger partial charge >= 0.3 is 6.18 Å². The molecular weight excluding hydrogens is 563 g/mol. The summed E-state index contributed by atoms with van der Waals surface area (Å²) in [6.07, 6.45) is -2.01. The lowest BCUT2D eigenvalue weighted by molar-refractivity contribution is -0.110. The van der Waals surface area contributed by atoms with Crippen LogP contribution in [0, 0.1) is 17.2 Å². The van der Waals surface area contributed by atoms with Crippen molar-refractivity contribution >= 4 is 23.0 Å². The standard InChI is InChI=1S/C35H30F3N5O/c36-35(37,38)32(40)20-31(42-29-10-4-6-24(18-29)21-39)34(44)43-30-11-5-9-28(19-30)33(41-22-23-12-13-23)27-16-14-26(15-17-27)25-7-2-1-3-8-25/h1-11,14-20,23,33,41H,12-13,22,40H2,(H,43,44)/b32-20-,42-31?. The molecule has 4 aromatic carbocycles. The molecule has 0 spiro atoms. The number of aliphatic imine (C=N–C) groups is 1. The fraction of sp³-hybridized carbons (Fsp3) is 0.171. The second kappa shape index (κ2) is 13.4. The van der Waals surface area contributed by atoms with E-state index in [1.165, 1.54) is 37.1 Å². The molecule has 9 heteroatoms. The Hall–Kier alpha value is -5.20. The molecule has 222 valence electrons. The number of hydrogen-bond donors (Lipinski definition) is 3. The van der Waals surface area contributed by atoms with Crippen molar-refractivity contribution < 1.29 is 18.0 Å². The maximum atomic E-state index is 13.3. The summed E-state index contributed by atoms with van der Waals surface area (Å²) in [7, 11) is 0. The van der Waals surface area contributed by atoms with Crippen molar-refractivity contribution in [3.05, 3.63) is 132 Å². The molecule has 1 fully saturated rings. The zero-order chi connectivity index (χ0) is 31.1. The highest BCUT2D eigenvalue weighted by Gasteiger charge is 2.32. The minimum atomic E-state index is -4.86. The summed E-state index contributed by atoms with van der Waals surface area (Å²) in [6.45, 7) is 0.835. The third kappa shape index (κ3) is 8.00. The topological polar surface area (TPSA) is 103 Å². The monoisotopic (exact) mass is 593 g/mol. The predicted molar refractivity (Wildman–Crippen MR) is 166 cm³/mol. The first-order chi connectivity index (χ1) is 21.2. The second-order valence-electron chi connectivity index (χ2n) is 10.6. The van der Waals surface area contributed by atoms with Crippen molar-refractivity contribution in [2.24, 2.45) is 16.6 Å². The van der Waals surface area contributed by atoms with Crippen molar-refractivity contribution in [3.8, 4) is 17.2 Å². The van der Waals surface area contributed by atoms with Gasteiger partial charge in [0.2, 0.25) is 0 Å². The molecule has 1 saturated carbocycles. The van der Waals surface area contributed by atoms with Crippen molar-refractivity contribution in [3.63, 3.8) is 0 Å². The summed E-state index contributed by atoms with van der Waals surface area (Å²) < 4.78 is 39.9. The summed E-state index contributed by atoms with van der Waals surface area (Å²) >= 11 is 0. The Morgan fingerprint density at radius 1 is 0.932 bits per heavy atom. The summed E-state index contributed by atoms with van der Waals surface area (Å²) in [5, 5.41) is 15.5. The molecule has 0 heterocycles. The third-order valence-corrected chi connectivity index (χ3v) is 7.21. The van der Waals surface area contributed by atoms with E-state index in [4.69, 9.17) is 5.73 Å². The van der Waals surface area contributed by atoms with E-state index in [0.29, 0.717) is 17.7 Å². The van der Waals surface area contributed by atoms with Crippen LogP contribution in [0.15, 0.2) is 120 Å². The number of nitrogens with one attached hydrogen (secondary N) is 2. The van der Waals surface area contributed by atoms with Gasteiger partial charge in [-0.15, -0.1) is 0 Å². The van der Waals surface area contributed by atoms with Crippen molar-refractivity contribution in [1.29, 1.82) is 5.26 Å². The van der Waals surface area contributed by atoms with Gasteiger partial charge in [-0.05, 0) is 84.0 Å². The van der Waals surface area contributed by atoms with Crippen molar-refractivity contribution in [2.75, 3.05) is 11.9 Å². The Balaban J connectivity index is 1.43. The highest BCUT2D eigenvalue weighted by atomic mass is 19.4. The lowest BCUT2D eigenvalue weighted by atomic mass is 9.95. The SMILES string of the molecule is N#Cc1cccc(N=C(/C=C(\N)C(F)(F)F)C(=O)Nc2cccc(C(NCC3CC3)c3ccc(-c4ccccc4)cc3)c2)c1. The Kier molecular flexibility index (Phi) is 9.22. The molecule has 1 aliphatic rings. The van der Waals surface area contributed by atoms with Gasteiger partial charge in [0.25, 0.3) is 5.91 Å². The fourth-order valence-electron chi connectivity index (χ4n) is 4.69. The Morgan fingerprint density at radius 3 is 2.32 bits per heavy atom. The van der Waals surface area contributed by atoms with Crippen LogP contribution in [0.5, 0.6) is 0 Å². The molecule has 1 unspecified atom stereocenters. The number of amides is 1. The lowest BCUT2D eigenvalue weighted by Gasteiger charge is -2.21. The number of nitrogens with zero attached hydrogens (tertiary/aromatic N) is 2. The van der Waals surface area contributed by atoms with Crippen LogP contribution in [0.1, 0.15) is 35.6 Å². The number of nitriles is 1. The highest BCUT2D eigenvalue weighted by Crippen LogP contribution is 2.32. The molecule has 0 radical (unpaired) electrons. The Bertz CT molecular complexity index is 1720. The molecule has 1 aliphatic carbocycles. The number of nitrogens with two attached hydrogens (primary N) is 1. The zero-order valence-corrected chi connectivity index (χ0v) is 23.7. The van der Waals surface area contributed by atoms with Gasteiger partial charge in [-0.2, -0.15) is 18.4 Å². The Labute approximate surface area is 253 Å². The number of carbonyl (C=O) groups is 1. The highest BCUT2D eigenvalue weighted by molar-refractivity contribution is 6.47. The van der Waals surface area contributed by atoms with E-state index in [2.05, 4.69) is 52.0 Å². The minimum absolute atomic E-state index is 0.137. The van der Waals surface area contributed by atoms with Crippen LogP contribution in [0.2, 0.25) is 0 Å². The van der Waals surface area contributed by atoms with E-state index in [1.807, 2.05) is 30.3 Å². The van der Waals surface area contributed by atoms with Crippen molar-refractivity contribution in [2.45, 2.75) is 25.1 Å². The number of halogens is 3. The van der Waals surface area contributed by atoms with Gasteiger partial charge in [0.15, 0.2) is 0 Å². The molecule has 4 aromatic rings. The van der Waals surface area contributed by atoms with Crippen LogP contribution in [-0.4, -0.2) is 24.3 Å². The fourth-order valence-corrected chi connectivity index (χ4v) is 4.69. The van der Waals surface area contributed by atoms with Gasteiger partial charge in [-0.3, -0.25) is 4.79 Å². The summed E-state index contributed by atoms with van der Waals surface area (Å²) in [4.78, 5) is 17.4. The van der Waals surface area contributed by atoms with E-state index >= 15 is 0 Å². The first kappa shape index (κ1) is 30.3. The molecule has 0 saturated heterocycles. The number of anilines is 1. The van der Waals surface area contributed by atoms with E-state index in [9.17, 15) is 23.2 Å². The summed E-state index contributed by atoms with van der Waals surface area (Å²) in [5.74, 6) is -0.264. The molecule has 4 N–H and O–H groups in total. The van der Waals surface area contributed by atoms with E-state index in [-0.39, 0.29) is 17.3 Å². The van der Waals surface area contributed by atoms with Crippen LogP contribution >= 0.6 is 0 Å². The largest absolute Gasteiger partial charge is 0.430 e. The van der Waals surface area contributed by atoms with Crippen LogP contribution in [0.25, 0.3) is 11.1 Å². The van der Waals surface area contributed by atoms with Gasteiger partial charge < -0.3 is 16.4 Å². The lowest BCUT2D eigenvalue weighted by Crippen LogP contribution is -2.27. The summed E-state index contributed by atoms with van der Waals surface area (Å²) in [6, 6.07) is 33.2. The predicted octanol–water partition coefficient (Wildman–Crippen LogP) is 7.43. The van der Waals surface area contributed by atoms with Gasteiger partial charge in [-0.1, -0.05) is 72.8 Å². The van der Waals surface area contributed by atoms with Crippen LogP contribution in [0.4, 0.5) is 24.5 Å². The van der Waals surface area contributed by atoms with Gasteiger partial charge in [0.1, 0.15) is 11.4 Å². The van der Waals surface area contributed by atoms with Gasteiger partial charge in [0.05, 0.1) is 23.4 Å². The normalized spacial score (nSPS) is 14.5. The molecule has 0 bridgehead atoms. The molecule has 6 nitrogen and oxygen atoms in total. The number of allylic oxidation sites excluding steroid dienone is 1. The average molecular weight is 594 g/mol. The van der Waals surface area contributed by atoms with E-state index in [0.717, 1.165) is 28.8 Å². The first-order valence-electron chi connectivity index (χ1n) is 14.1. The minimum Gasteiger partial charge on any atom is -0.395 e. The Morgan fingerprint density at radius 2 is 1.64 bits per heavy atom.